The Bertz CT molecular complexity index is 179. The summed E-state index contributed by atoms with van der Waals surface area (Å²) in [5.74, 6) is 2.74. The van der Waals surface area contributed by atoms with Gasteiger partial charge in [0.1, 0.15) is 0 Å². The second-order valence-corrected chi connectivity index (χ2v) is 6.73. The van der Waals surface area contributed by atoms with Crippen molar-refractivity contribution in [1.82, 2.24) is 5.32 Å². The summed E-state index contributed by atoms with van der Waals surface area (Å²) in [6, 6.07) is 0.814. The van der Waals surface area contributed by atoms with Crippen molar-refractivity contribution in [3.8, 4) is 0 Å². The van der Waals surface area contributed by atoms with Gasteiger partial charge in [-0.2, -0.15) is 11.8 Å². The van der Waals surface area contributed by atoms with Crippen LogP contribution in [-0.2, 0) is 0 Å². The number of rotatable bonds is 2. The molecule has 1 saturated carbocycles. The van der Waals surface area contributed by atoms with E-state index in [1.54, 1.807) is 0 Å². The predicted molar refractivity (Wildman–Crippen MR) is 69.6 cm³/mol. The van der Waals surface area contributed by atoms with Crippen molar-refractivity contribution in [2.24, 2.45) is 0 Å². The Labute approximate surface area is 98.8 Å². The molecule has 0 aromatic heterocycles. The van der Waals surface area contributed by atoms with E-state index >= 15 is 0 Å². The Morgan fingerprint density at radius 2 is 1.60 bits per heavy atom. The first kappa shape index (κ1) is 11.8. The normalized spacial score (nSPS) is 28.6. The highest BCUT2D eigenvalue weighted by Gasteiger charge is 2.28. The molecule has 2 fully saturated rings. The molecule has 1 aliphatic carbocycles. The zero-order valence-corrected chi connectivity index (χ0v) is 10.9. The molecule has 0 radical (unpaired) electrons. The van der Waals surface area contributed by atoms with E-state index in [9.17, 15) is 0 Å². The van der Waals surface area contributed by atoms with E-state index in [1.807, 2.05) is 0 Å². The van der Waals surface area contributed by atoms with Crippen LogP contribution in [0.2, 0.25) is 0 Å². The third-order valence-electron chi connectivity index (χ3n) is 3.98. The standard InChI is InChI=1S/C13H25NS/c1-13(8-4-2-3-5-9-13)14-12-6-10-15-11-7-12/h12,14H,2-11H2,1H3. The topological polar surface area (TPSA) is 12.0 Å². The van der Waals surface area contributed by atoms with Crippen LogP contribution in [0.5, 0.6) is 0 Å². The summed E-state index contributed by atoms with van der Waals surface area (Å²) in [5, 5.41) is 3.96. The second-order valence-electron chi connectivity index (χ2n) is 5.51. The van der Waals surface area contributed by atoms with Crippen LogP contribution in [-0.4, -0.2) is 23.1 Å². The molecule has 0 unspecified atom stereocenters. The molecule has 0 aromatic rings. The minimum Gasteiger partial charge on any atom is -0.309 e. The van der Waals surface area contributed by atoms with E-state index in [4.69, 9.17) is 0 Å². The first-order chi connectivity index (χ1) is 7.29. The van der Waals surface area contributed by atoms with Gasteiger partial charge in [0.2, 0.25) is 0 Å². The fraction of sp³-hybridized carbons (Fsp3) is 1.00. The van der Waals surface area contributed by atoms with Crippen molar-refractivity contribution in [2.75, 3.05) is 11.5 Å². The molecule has 0 amide bonds. The van der Waals surface area contributed by atoms with E-state index in [0.29, 0.717) is 5.54 Å². The van der Waals surface area contributed by atoms with E-state index in [-0.39, 0.29) is 0 Å². The van der Waals surface area contributed by atoms with E-state index in [2.05, 4.69) is 24.0 Å². The lowest BCUT2D eigenvalue weighted by Crippen LogP contribution is -2.49. The molecule has 88 valence electrons. The third-order valence-corrected chi connectivity index (χ3v) is 5.03. The van der Waals surface area contributed by atoms with Crippen molar-refractivity contribution >= 4 is 11.8 Å². The summed E-state index contributed by atoms with van der Waals surface area (Å²) >= 11 is 2.12. The van der Waals surface area contributed by atoms with Gasteiger partial charge in [0.15, 0.2) is 0 Å². The van der Waals surface area contributed by atoms with Gasteiger partial charge in [-0.05, 0) is 44.1 Å². The summed E-state index contributed by atoms with van der Waals surface area (Å²) in [6.45, 7) is 2.46. The summed E-state index contributed by atoms with van der Waals surface area (Å²) in [5.41, 5.74) is 0.461. The van der Waals surface area contributed by atoms with Crippen molar-refractivity contribution in [1.29, 1.82) is 0 Å². The first-order valence-electron chi connectivity index (χ1n) is 6.64. The van der Waals surface area contributed by atoms with Gasteiger partial charge < -0.3 is 5.32 Å². The molecule has 0 aromatic carbocycles. The second kappa shape index (κ2) is 5.58. The quantitative estimate of drug-likeness (QED) is 0.724. The summed E-state index contributed by atoms with van der Waals surface area (Å²) in [6.07, 6.45) is 11.4. The Balaban J connectivity index is 1.83. The Morgan fingerprint density at radius 1 is 1.00 bits per heavy atom. The van der Waals surface area contributed by atoms with Gasteiger partial charge in [0.25, 0.3) is 0 Å². The van der Waals surface area contributed by atoms with Gasteiger partial charge in [-0.1, -0.05) is 25.7 Å². The summed E-state index contributed by atoms with van der Waals surface area (Å²) < 4.78 is 0. The molecular formula is C13H25NS. The molecule has 0 spiro atoms. The van der Waals surface area contributed by atoms with E-state index in [1.165, 1.54) is 62.9 Å². The van der Waals surface area contributed by atoms with Gasteiger partial charge in [0, 0.05) is 11.6 Å². The minimum absolute atomic E-state index is 0.461. The number of nitrogens with one attached hydrogen (secondary N) is 1. The zero-order chi connectivity index (χ0) is 10.6. The van der Waals surface area contributed by atoms with Gasteiger partial charge in [0.05, 0.1) is 0 Å². The van der Waals surface area contributed by atoms with Crippen LogP contribution in [0, 0.1) is 0 Å². The fourth-order valence-corrected chi connectivity index (χ4v) is 4.09. The molecule has 1 saturated heterocycles. The van der Waals surface area contributed by atoms with Crippen LogP contribution in [0.4, 0.5) is 0 Å². The van der Waals surface area contributed by atoms with E-state index < -0.39 is 0 Å². The van der Waals surface area contributed by atoms with Crippen LogP contribution in [0.3, 0.4) is 0 Å². The Kier molecular flexibility index (Phi) is 4.39. The highest BCUT2D eigenvalue weighted by Crippen LogP contribution is 2.29. The molecule has 1 N–H and O–H groups in total. The average Bonchev–Trinajstić information content (AvgIpc) is 2.45. The minimum atomic E-state index is 0.461. The lowest BCUT2D eigenvalue weighted by Gasteiger charge is -2.36. The number of hydrogen-bond donors (Lipinski definition) is 1. The predicted octanol–water partition coefficient (Wildman–Crippen LogP) is 3.58. The molecule has 15 heavy (non-hydrogen) atoms. The molecule has 1 nitrogen and oxygen atoms in total. The molecule has 0 bridgehead atoms. The van der Waals surface area contributed by atoms with Crippen molar-refractivity contribution in [2.45, 2.75) is 69.9 Å². The van der Waals surface area contributed by atoms with Crippen LogP contribution in [0.15, 0.2) is 0 Å². The average molecular weight is 227 g/mol. The monoisotopic (exact) mass is 227 g/mol. The molecule has 2 rings (SSSR count). The highest BCUT2D eigenvalue weighted by atomic mass is 32.2. The largest absolute Gasteiger partial charge is 0.309 e. The van der Waals surface area contributed by atoms with Crippen LogP contribution in [0.1, 0.15) is 58.3 Å². The summed E-state index contributed by atoms with van der Waals surface area (Å²) in [7, 11) is 0. The summed E-state index contributed by atoms with van der Waals surface area (Å²) in [4.78, 5) is 0. The molecule has 1 heterocycles. The lowest BCUT2D eigenvalue weighted by molar-refractivity contribution is 0.266. The van der Waals surface area contributed by atoms with Crippen LogP contribution in [0.25, 0.3) is 0 Å². The van der Waals surface area contributed by atoms with Crippen molar-refractivity contribution < 1.29 is 0 Å². The maximum Gasteiger partial charge on any atom is 0.0155 e. The fourth-order valence-electron chi connectivity index (χ4n) is 2.99. The molecule has 0 atom stereocenters. The van der Waals surface area contributed by atoms with Crippen molar-refractivity contribution in [3.63, 3.8) is 0 Å². The van der Waals surface area contributed by atoms with Crippen molar-refractivity contribution in [3.05, 3.63) is 0 Å². The SMILES string of the molecule is CC1(NC2CCSCC2)CCCCCC1. The highest BCUT2D eigenvalue weighted by molar-refractivity contribution is 7.99. The zero-order valence-electron chi connectivity index (χ0n) is 10.1. The number of hydrogen-bond acceptors (Lipinski definition) is 2. The lowest BCUT2D eigenvalue weighted by atomic mass is 9.91. The Morgan fingerprint density at radius 3 is 2.20 bits per heavy atom. The molecule has 2 heteroatoms. The number of thioether (sulfide) groups is 1. The molecular weight excluding hydrogens is 202 g/mol. The van der Waals surface area contributed by atoms with Gasteiger partial charge in [-0.3, -0.25) is 0 Å². The Hall–Kier alpha value is 0.310. The van der Waals surface area contributed by atoms with Gasteiger partial charge in [-0.15, -0.1) is 0 Å². The van der Waals surface area contributed by atoms with Gasteiger partial charge >= 0.3 is 0 Å². The van der Waals surface area contributed by atoms with E-state index in [0.717, 1.165) is 6.04 Å². The maximum absolute atomic E-state index is 3.96. The first-order valence-corrected chi connectivity index (χ1v) is 7.79. The maximum atomic E-state index is 3.96. The van der Waals surface area contributed by atoms with Gasteiger partial charge in [-0.25, -0.2) is 0 Å². The molecule has 2 aliphatic rings. The third kappa shape index (κ3) is 3.67. The smallest absolute Gasteiger partial charge is 0.0155 e. The van der Waals surface area contributed by atoms with Crippen LogP contribution < -0.4 is 5.32 Å². The molecule has 1 aliphatic heterocycles. The van der Waals surface area contributed by atoms with Crippen LogP contribution >= 0.6 is 11.8 Å².